The van der Waals surface area contributed by atoms with Gasteiger partial charge in [-0.25, -0.2) is 8.42 Å². The molecule has 4 nitrogen and oxygen atoms in total. The number of hydrogen-bond donors (Lipinski definition) is 0. The van der Waals surface area contributed by atoms with Gasteiger partial charge in [0.1, 0.15) is 0 Å². The first kappa shape index (κ1) is 18.1. The van der Waals surface area contributed by atoms with Gasteiger partial charge in [0, 0.05) is 32.7 Å². The molecule has 1 fully saturated rings. The molecule has 5 heteroatoms. The highest BCUT2D eigenvalue weighted by Gasteiger charge is 2.28. The Bertz CT molecular complexity index is 791. The molecule has 0 atom stereocenters. The first-order valence-corrected chi connectivity index (χ1v) is 10.3. The molecule has 0 unspecified atom stereocenters. The predicted molar refractivity (Wildman–Crippen MR) is 101 cm³/mol. The summed E-state index contributed by atoms with van der Waals surface area (Å²) in [5, 5.41) is 0. The molecule has 0 aromatic heterocycles. The molecule has 0 radical (unpaired) electrons. The number of hydrogen-bond acceptors (Lipinski definition) is 3. The minimum Gasteiger partial charge on any atom is -0.296 e. The van der Waals surface area contributed by atoms with Crippen LogP contribution in [0.1, 0.15) is 23.6 Å². The zero-order valence-electron chi connectivity index (χ0n) is 15.0. The zero-order valence-corrected chi connectivity index (χ0v) is 15.8. The van der Waals surface area contributed by atoms with Crippen LogP contribution in [-0.2, 0) is 23.0 Å². The summed E-state index contributed by atoms with van der Waals surface area (Å²) in [4.78, 5) is 2.72. The van der Waals surface area contributed by atoms with E-state index in [9.17, 15) is 8.42 Å². The highest BCUT2D eigenvalue weighted by molar-refractivity contribution is 7.89. The maximum absolute atomic E-state index is 12.8. The molecule has 2 aromatic rings. The van der Waals surface area contributed by atoms with Crippen molar-refractivity contribution in [1.82, 2.24) is 9.21 Å². The molecule has 3 rings (SSSR count). The molecule has 0 bridgehead atoms. The lowest BCUT2D eigenvalue weighted by Crippen LogP contribution is -2.48. The highest BCUT2D eigenvalue weighted by Crippen LogP contribution is 2.19. The largest absolute Gasteiger partial charge is 0.296 e. The smallest absolute Gasteiger partial charge is 0.243 e. The number of nitrogens with zero attached hydrogens (tertiary/aromatic N) is 2. The summed E-state index contributed by atoms with van der Waals surface area (Å²) in [7, 11) is -3.38. The molecule has 1 heterocycles. The Morgan fingerprint density at radius 3 is 1.96 bits per heavy atom. The van der Waals surface area contributed by atoms with Crippen LogP contribution >= 0.6 is 0 Å². The van der Waals surface area contributed by atoms with Crippen molar-refractivity contribution in [2.45, 2.75) is 31.7 Å². The van der Waals surface area contributed by atoms with Gasteiger partial charge < -0.3 is 0 Å². The summed E-state index contributed by atoms with van der Waals surface area (Å²) in [5.74, 6) is 0. The predicted octanol–water partition coefficient (Wildman–Crippen LogP) is 3.06. The van der Waals surface area contributed by atoms with Gasteiger partial charge >= 0.3 is 0 Å². The summed E-state index contributed by atoms with van der Waals surface area (Å²) in [6.07, 6.45) is 0.915. The third-order valence-corrected chi connectivity index (χ3v) is 6.74. The van der Waals surface area contributed by atoms with Gasteiger partial charge in [0.2, 0.25) is 10.0 Å². The van der Waals surface area contributed by atoms with Crippen molar-refractivity contribution in [2.24, 2.45) is 0 Å². The molecule has 0 amide bonds. The lowest BCUT2D eigenvalue weighted by Gasteiger charge is -2.34. The summed E-state index contributed by atoms with van der Waals surface area (Å²) >= 11 is 0. The van der Waals surface area contributed by atoms with Gasteiger partial charge in [-0.1, -0.05) is 48.9 Å². The Kier molecular flexibility index (Phi) is 5.57. The van der Waals surface area contributed by atoms with Crippen molar-refractivity contribution in [3.05, 3.63) is 65.2 Å². The van der Waals surface area contributed by atoms with Crippen LogP contribution in [0.25, 0.3) is 0 Å². The maximum atomic E-state index is 12.8. The lowest BCUT2D eigenvalue weighted by molar-refractivity contribution is 0.181. The monoisotopic (exact) mass is 358 g/mol. The summed E-state index contributed by atoms with van der Waals surface area (Å²) in [6.45, 7) is 7.64. The fourth-order valence-electron chi connectivity index (χ4n) is 3.13. The van der Waals surface area contributed by atoms with E-state index in [1.807, 2.05) is 12.1 Å². The van der Waals surface area contributed by atoms with Gasteiger partial charge in [-0.15, -0.1) is 0 Å². The molecule has 0 aliphatic carbocycles. The van der Waals surface area contributed by atoms with Crippen LogP contribution in [0.2, 0.25) is 0 Å². The molecule has 2 aromatic carbocycles. The zero-order chi connectivity index (χ0) is 17.9. The molecule has 0 spiro atoms. The van der Waals surface area contributed by atoms with Gasteiger partial charge in [-0.05, 0) is 36.6 Å². The molecule has 1 aliphatic heterocycles. The Balaban J connectivity index is 1.61. The quantitative estimate of drug-likeness (QED) is 0.825. The normalized spacial score (nSPS) is 16.9. The van der Waals surface area contributed by atoms with Gasteiger partial charge in [0.05, 0.1) is 4.90 Å². The van der Waals surface area contributed by atoms with Crippen LogP contribution < -0.4 is 0 Å². The number of benzene rings is 2. The average Bonchev–Trinajstić information content (AvgIpc) is 2.64. The van der Waals surface area contributed by atoms with Crippen molar-refractivity contribution in [3.63, 3.8) is 0 Å². The van der Waals surface area contributed by atoms with E-state index in [2.05, 4.69) is 43.0 Å². The Labute approximate surface area is 151 Å². The molecule has 134 valence electrons. The third-order valence-electron chi connectivity index (χ3n) is 4.83. The highest BCUT2D eigenvalue weighted by atomic mass is 32.2. The van der Waals surface area contributed by atoms with E-state index in [4.69, 9.17) is 0 Å². The van der Waals surface area contributed by atoms with Crippen molar-refractivity contribution in [1.29, 1.82) is 0 Å². The second kappa shape index (κ2) is 7.68. The number of sulfonamides is 1. The number of piperazine rings is 1. The van der Waals surface area contributed by atoms with Crippen molar-refractivity contribution >= 4 is 10.0 Å². The van der Waals surface area contributed by atoms with E-state index in [1.165, 1.54) is 11.1 Å². The minimum atomic E-state index is -3.38. The van der Waals surface area contributed by atoms with E-state index in [-0.39, 0.29) is 0 Å². The van der Waals surface area contributed by atoms with E-state index >= 15 is 0 Å². The van der Waals surface area contributed by atoms with Gasteiger partial charge in [0.25, 0.3) is 0 Å². The van der Waals surface area contributed by atoms with Crippen LogP contribution in [0, 0.1) is 6.92 Å². The topological polar surface area (TPSA) is 40.6 Å². The molecule has 0 N–H and O–H groups in total. The number of aryl methyl sites for hydroxylation is 2. The second-order valence-electron chi connectivity index (χ2n) is 6.66. The van der Waals surface area contributed by atoms with E-state index in [1.54, 1.807) is 16.4 Å². The van der Waals surface area contributed by atoms with Crippen molar-refractivity contribution in [3.8, 4) is 0 Å². The first-order valence-electron chi connectivity index (χ1n) is 8.86. The van der Waals surface area contributed by atoms with Crippen LogP contribution in [0.5, 0.6) is 0 Å². The molecule has 1 aliphatic rings. The van der Waals surface area contributed by atoms with Crippen molar-refractivity contribution < 1.29 is 8.42 Å². The Morgan fingerprint density at radius 1 is 0.840 bits per heavy atom. The van der Waals surface area contributed by atoms with Crippen LogP contribution in [-0.4, -0.2) is 43.8 Å². The summed E-state index contributed by atoms with van der Waals surface area (Å²) < 4.78 is 27.2. The molecule has 0 saturated carbocycles. The van der Waals surface area contributed by atoms with Crippen molar-refractivity contribution in [2.75, 3.05) is 26.2 Å². The SMILES string of the molecule is CCc1ccc(S(=O)(=O)N2CCN(Cc3ccc(C)cc3)CC2)cc1. The van der Waals surface area contributed by atoms with Gasteiger partial charge in [-0.3, -0.25) is 4.90 Å². The van der Waals surface area contributed by atoms with E-state index < -0.39 is 10.0 Å². The fraction of sp³-hybridized carbons (Fsp3) is 0.400. The van der Waals surface area contributed by atoms with E-state index in [0.717, 1.165) is 31.6 Å². The Hall–Kier alpha value is -1.69. The molecular formula is C20H26N2O2S. The Morgan fingerprint density at radius 2 is 1.40 bits per heavy atom. The maximum Gasteiger partial charge on any atom is 0.243 e. The average molecular weight is 359 g/mol. The summed E-state index contributed by atoms with van der Waals surface area (Å²) in [6, 6.07) is 15.8. The van der Waals surface area contributed by atoms with E-state index in [0.29, 0.717) is 18.0 Å². The minimum absolute atomic E-state index is 0.400. The number of rotatable bonds is 5. The van der Waals surface area contributed by atoms with Gasteiger partial charge in [-0.2, -0.15) is 4.31 Å². The van der Waals surface area contributed by atoms with Crippen LogP contribution in [0.15, 0.2) is 53.4 Å². The first-order chi connectivity index (χ1) is 12.0. The van der Waals surface area contributed by atoms with Gasteiger partial charge in [0.15, 0.2) is 0 Å². The second-order valence-corrected chi connectivity index (χ2v) is 8.60. The third kappa shape index (κ3) is 4.29. The standard InChI is InChI=1S/C20H26N2O2S/c1-3-18-8-10-20(11-9-18)25(23,24)22-14-12-21(13-15-22)16-19-6-4-17(2)5-7-19/h4-11H,3,12-16H2,1-2H3. The fourth-order valence-corrected chi connectivity index (χ4v) is 4.55. The molecule has 25 heavy (non-hydrogen) atoms. The van der Waals surface area contributed by atoms with Crippen LogP contribution in [0.3, 0.4) is 0 Å². The molecule has 1 saturated heterocycles. The van der Waals surface area contributed by atoms with Crippen LogP contribution in [0.4, 0.5) is 0 Å². The lowest BCUT2D eigenvalue weighted by atomic mass is 10.1. The molecular weight excluding hydrogens is 332 g/mol. The summed E-state index contributed by atoms with van der Waals surface area (Å²) in [5.41, 5.74) is 3.69.